The fourth-order valence-electron chi connectivity index (χ4n) is 1.75. The largest absolute Gasteiger partial charge is 0.485 e. The third-order valence-electron chi connectivity index (χ3n) is 2.82. The number of hydrogen-bond acceptors (Lipinski definition) is 4. The number of ether oxygens (including phenoxy) is 2. The Morgan fingerprint density at radius 2 is 2.11 bits per heavy atom. The van der Waals surface area contributed by atoms with Crippen LogP contribution in [-0.4, -0.2) is 35.7 Å². The van der Waals surface area contributed by atoms with Crippen molar-refractivity contribution in [3.63, 3.8) is 0 Å². The molecule has 2 atom stereocenters. The first-order valence-electron chi connectivity index (χ1n) is 6.03. The monoisotopic (exact) mass is 265 g/mol. The zero-order chi connectivity index (χ0) is 13.8. The molecule has 0 saturated heterocycles. The van der Waals surface area contributed by atoms with Crippen LogP contribution in [0, 0.1) is 0 Å². The van der Waals surface area contributed by atoms with Gasteiger partial charge in [-0.2, -0.15) is 0 Å². The zero-order valence-electron chi connectivity index (χ0n) is 10.5. The molecule has 2 rings (SSSR count). The summed E-state index contributed by atoms with van der Waals surface area (Å²) >= 11 is 0. The molecule has 0 bridgehead atoms. The molecular weight excluding hydrogens is 250 g/mol. The minimum absolute atomic E-state index is 0.0684. The van der Waals surface area contributed by atoms with Gasteiger partial charge in [0, 0.05) is 0 Å². The maximum atomic E-state index is 11.9. The number of fused-ring (bicyclic) bond motifs is 1. The number of carbonyl (C=O) groups is 2. The van der Waals surface area contributed by atoms with Gasteiger partial charge in [0.05, 0.1) is 0 Å². The number of nitrogens with one attached hydrogen (secondary N) is 1. The van der Waals surface area contributed by atoms with E-state index < -0.39 is 24.0 Å². The number of benzene rings is 1. The van der Waals surface area contributed by atoms with E-state index in [2.05, 4.69) is 5.32 Å². The fraction of sp³-hybridized carbons (Fsp3) is 0.385. The highest BCUT2D eigenvalue weighted by molar-refractivity contribution is 5.86. The van der Waals surface area contributed by atoms with Crippen molar-refractivity contribution < 1.29 is 24.2 Å². The van der Waals surface area contributed by atoms with E-state index in [0.29, 0.717) is 17.9 Å². The molecule has 0 radical (unpaired) electrons. The number of carboxylic acids is 1. The molecule has 1 heterocycles. The predicted molar refractivity (Wildman–Crippen MR) is 66.2 cm³/mol. The van der Waals surface area contributed by atoms with Gasteiger partial charge in [-0.1, -0.05) is 19.1 Å². The van der Waals surface area contributed by atoms with Gasteiger partial charge in [0.15, 0.2) is 11.5 Å². The maximum Gasteiger partial charge on any atom is 0.326 e. The molecule has 2 unspecified atom stereocenters. The SMILES string of the molecule is CCC(NC(=O)C1COc2ccccc2O1)C(=O)O. The van der Waals surface area contributed by atoms with Crippen LogP contribution in [0.4, 0.5) is 0 Å². The summed E-state index contributed by atoms with van der Waals surface area (Å²) in [5.41, 5.74) is 0. The second-order valence-electron chi connectivity index (χ2n) is 4.17. The lowest BCUT2D eigenvalue weighted by Gasteiger charge is -2.26. The van der Waals surface area contributed by atoms with Crippen molar-refractivity contribution in [3.05, 3.63) is 24.3 Å². The summed E-state index contributed by atoms with van der Waals surface area (Å²) in [5, 5.41) is 11.3. The van der Waals surface area contributed by atoms with Gasteiger partial charge in [-0.3, -0.25) is 4.79 Å². The van der Waals surface area contributed by atoms with Crippen molar-refractivity contribution in [2.75, 3.05) is 6.61 Å². The normalized spacial score (nSPS) is 18.5. The molecule has 1 aromatic rings. The summed E-state index contributed by atoms with van der Waals surface area (Å²) in [4.78, 5) is 22.8. The van der Waals surface area contributed by atoms with Crippen LogP contribution in [0.15, 0.2) is 24.3 Å². The van der Waals surface area contributed by atoms with Crippen molar-refractivity contribution in [1.82, 2.24) is 5.32 Å². The molecule has 0 spiro atoms. The summed E-state index contributed by atoms with van der Waals surface area (Å²) in [7, 11) is 0. The van der Waals surface area contributed by atoms with E-state index in [4.69, 9.17) is 14.6 Å². The Kier molecular flexibility index (Phi) is 3.89. The predicted octanol–water partition coefficient (Wildman–Crippen LogP) is 0.806. The van der Waals surface area contributed by atoms with Crippen molar-refractivity contribution in [1.29, 1.82) is 0 Å². The van der Waals surface area contributed by atoms with Crippen LogP contribution in [0.25, 0.3) is 0 Å². The Labute approximate surface area is 110 Å². The van der Waals surface area contributed by atoms with Gasteiger partial charge in [0.2, 0.25) is 6.10 Å². The molecule has 102 valence electrons. The highest BCUT2D eigenvalue weighted by Gasteiger charge is 2.29. The van der Waals surface area contributed by atoms with Gasteiger partial charge < -0.3 is 19.9 Å². The number of carboxylic acid groups (broad SMARTS) is 1. The minimum atomic E-state index is -1.06. The lowest BCUT2D eigenvalue weighted by Crippen LogP contribution is -2.49. The van der Waals surface area contributed by atoms with Crippen LogP contribution in [0.5, 0.6) is 11.5 Å². The van der Waals surface area contributed by atoms with Gasteiger partial charge in [0.1, 0.15) is 12.6 Å². The van der Waals surface area contributed by atoms with Crippen LogP contribution >= 0.6 is 0 Å². The van der Waals surface area contributed by atoms with Gasteiger partial charge in [-0.15, -0.1) is 0 Å². The fourth-order valence-corrected chi connectivity index (χ4v) is 1.75. The Morgan fingerprint density at radius 3 is 2.74 bits per heavy atom. The van der Waals surface area contributed by atoms with E-state index in [9.17, 15) is 9.59 Å². The number of amides is 1. The molecule has 1 amide bonds. The van der Waals surface area contributed by atoms with Gasteiger partial charge in [-0.05, 0) is 18.6 Å². The van der Waals surface area contributed by atoms with Gasteiger partial charge >= 0.3 is 5.97 Å². The van der Waals surface area contributed by atoms with Crippen molar-refractivity contribution in [2.45, 2.75) is 25.5 Å². The van der Waals surface area contributed by atoms with Gasteiger partial charge in [0.25, 0.3) is 5.91 Å². The van der Waals surface area contributed by atoms with Crippen LogP contribution in [-0.2, 0) is 9.59 Å². The molecule has 6 nitrogen and oxygen atoms in total. The minimum Gasteiger partial charge on any atom is -0.485 e. The molecule has 0 fully saturated rings. The molecular formula is C13H15NO5. The van der Waals surface area contributed by atoms with E-state index >= 15 is 0 Å². The Morgan fingerprint density at radius 1 is 1.42 bits per heavy atom. The summed E-state index contributed by atoms with van der Waals surface area (Å²) in [6, 6.07) is 6.11. The third kappa shape index (κ3) is 2.96. The number of aliphatic carboxylic acids is 1. The molecule has 0 saturated carbocycles. The first kappa shape index (κ1) is 13.2. The smallest absolute Gasteiger partial charge is 0.326 e. The summed E-state index contributed by atoms with van der Waals surface area (Å²) in [5.74, 6) is -0.481. The first-order valence-corrected chi connectivity index (χ1v) is 6.03. The average Bonchev–Trinajstić information content (AvgIpc) is 2.43. The van der Waals surface area contributed by atoms with Crippen LogP contribution < -0.4 is 14.8 Å². The first-order chi connectivity index (χ1) is 9.11. The summed E-state index contributed by atoms with van der Waals surface area (Å²) in [6.45, 7) is 1.76. The molecule has 1 aliphatic rings. The molecule has 1 aromatic carbocycles. The second-order valence-corrected chi connectivity index (χ2v) is 4.17. The van der Waals surface area contributed by atoms with Crippen molar-refractivity contribution in [3.8, 4) is 11.5 Å². The lowest BCUT2D eigenvalue weighted by molar-refractivity contribution is -0.143. The second kappa shape index (κ2) is 5.60. The van der Waals surface area contributed by atoms with Crippen LogP contribution in [0.3, 0.4) is 0 Å². The Hall–Kier alpha value is -2.24. The molecule has 0 aliphatic carbocycles. The highest BCUT2D eigenvalue weighted by Crippen LogP contribution is 2.30. The highest BCUT2D eigenvalue weighted by atomic mass is 16.6. The van der Waals surface area contributed by atoms with E-state index in [-0.39, 0.29) is 6.61 Å². The maximum absolute atomic E-state index is 11.9. The van der Waals surface area contributed by atoms with Crippen molar-refractivity contribution >= 4 is 11.9 Å². The molecule has 6 heteroatoms. The van der Waals surface area contributed by atoms with Crippen molar-refractivity contribution in [2.24, 2.45) is 0 Å². The standard InChI is InChI=1S/C13H15NO5/c1-2-8(13(16)17)14-12(15)11-7-18-9-5-3-4-6-10(9)19-11/h3-6,8,11H,2,7H2,1H3,(H,14,15)(H,16,17). The summed E-state index contributed by atoms with van der Waals surface area (Å²) in [6.07, 6.45) is -0.520. The number of rotatable bonds is 4. The van der Waals surface area contributed by atoms with Gasteiger partial charge in [-0.25, -0.2) is 4.79 Å². The topological polar surface area (TPSA) is 84.9 Å². The van der Waals surface area contributed by atoms with E-state index in [0.717, 1.165) is 0 Å². The average molecular weight is 265 g/mol. The molecule has 2 N–H and O–H groups in total. The molecule has 0 aromatic heterocycles. The van der Waals surface area contributed by atoms with E-state index in [1.165, 1.54) is 0 Å². The zero-order valence-corrected chi connectivity index (χ0v) is 10.5. The Bertz CT molecular complexity index is 488. The number of carbonyl (C=O) groups excluding carboxylic acids is 1. The number of para-hydroxylation sites is 2. The number of hydrogen-bond donors (Lipinski definition) is 2. The molecule has 19 heavy (non-hydrogen) atoms. The van der Waals surface area contributed by atoms with Crippen LogP contribution in [0.1, 0.15) is 13.3 Å². The molecule has 1 aliphatic heterocycles. The Balaban J connectivity index is 2.01. The summed E-state index contributed by atoms with van der Waals surface area (Å²) < 4.78 is 10.9. The lowest BCUT2D eigenvalue weighted by atomic mass is 10.2. The quantitative estimate of drug-likeness (QED) is 0.841. The van der Waals surface area contributed by atoms with E-state index in [1.807, 2.05) is 0 Å². The van der Waals surface area contributed by atoms with E-state index in [1.54, 1.807) is 31.2 Å². The van der Waals surface area contributed by atoms with Crippen LogP contribution in [0.2, 0.25) is 0 Å². The third-order valence-corrected chi connectivity index (χ3v) is 2.82.